The number of benzene rings is 1. The van der Waals surface area contributed by atoms with Crippen molar-refractivity contribution in [3.63, 3.8) is 0 Å². The molecule has 1 aliphatic rings. The predicted octanol–water partition coefficient (Wildman–Crippen LogP) is 3.93. The normalized spacial score (nSPS) is 25.3. The molecule has 1 saturated carbocycles. The van der Waals surface area contributed by atoms with Crippen molar-refractivity contribution >= 4 is 11.7 Å². The van der Waals surface area contributed by atoms with Gasteiger partial charge in [0.25, 0.3) is 0 Å². The highest BCUT2D eigenvalue weighted by molar-refractivity contribution is 5.91. The van der Waals surface area contributed by atoms with Crippen molar-refractivity contribution in [2.45, 2.75) is 46.6 Å². The molecule has 3 nitrogen and oxygen atoms in total. The highest BCUT2D eigenvalue weighted by atomic mass is 16.4. The van der Waals surface area contributed by atoms with E-state index < -0.39 is 5.97 Å². The van der Waals surface area contributed by atoms with Gasteiger partial charge < -0.3 is 10.4 Å². The molecule has 0 amide bonds. The van der Waals surface area contributed by atoms with Gasteiger partial charge >= 0.3 is 5.97 Å². The van der Waals surface area contributed by atoms with Crippen molar-refractivity contribution in [2.75, 3.05) is 5.32 Å². The third kappa shape index (κ3) is 2.91. The summed E-state index contributed by atoms with van der Waals surface area (Å²) in [4.78, 5) is 11.2. The number of hydrogen-bond donors (Lipinski definition) is 2. The number of rotatable bonds is 3. The lowest BCUT2D eigenvalue weighted by Gasteiger charge is -2.21. The molecule has 0 aromatic heterocycles. The van der Waals surface area contributed by atoms with Crippen molar-refractivity contribution in [1.82, 2.24) is 0 Å². The van der Waals surface area contributed by atoms with Gasteiger partial charge in [-0.3, -0.25) is 0 Å². The van der Waals surface area contributed by atoms with E-state index in [1.165, 1.54) is 6.42 Å². The van der Waals surface area contributed by atoms with Crippen molar-refractivity contribution < 1.29 is 9.90 Å². The Balaban J connectivity index is 2.21. The van der Waals surface area contributed by atoms with Gasteiger partial charge in [0.2, 0.25) is 0 Å². The summed E-state index contributed by atoms with van der Waals surface area (Å²) in [5.74, 6) is -0.246. The van der Waals surface area contributed by atoms with Crippen LogP contribution in [0.5, 0.6) is 0 Å². The SMILES string of the molecule is Cc1c(NC2CC(C)(C)CC2C)cccc1C(=O)O. The number of carbonyl (C=O) groups is 1. The smallest absolute Gasteiger partial charge is 0.336 e. The molecular formula is C16H23NO2. The molecule has 104 valence electrons. The maximum absolute atomic E-state index is 11.2. The summed E-state index contributed by atoms with van der Waals surface area (Å²) in [6.07, 6.45) is 2.34. The molecule has 0 aliphatic heterocycles. The minimum Gasteiger partial charge on any atom is -0.478 e. The molecule has 0 bridgehead atoms. The van der Waals surface area contributed by atoms with E-state index in [-0.39, 0.29) is 0 Å². The van der Waals surface area contributed by atoms with Crippen LogP contribution in [0, 0.1) is 18.3 Å². The van der Waals surface area contributed by atoms with Crippen LogP contribution in [0.15, 0.2) is 18.2 Å². The largest absolute Gasteiger partial charge is 0.478 e. The second-order valence-electron chi connectivity index (χ2n) is 6.58. The average molecular weight is 261 g/mol. The third-order valence-electron chi connectivity index (χ3n) is 4.24. The zero-order valence-corrected chi connectivity index (χ0v) is 12.2. The van der Waals surface area contributed by atoms with E-state index in [4.69, 9.17) is 5.11 Å². The first kappa shape index (κ1) is 13.9. The Kier molecular flexibility index (Phi) is 3.57. The third-order valence-corrected chi connectivity index (χ3v) is 4.24. The van der Waals surface area contributed by atoms with E-state index in [0.29, 0.717) is 22.9 Å². The lowest BCUT2D eigenvalue weighted by Crippen LogP contribution is -2.23. The molecule has 19 heavy (non-hydrogen) atoms. The van der Waals surface area contributed by atoms with Crippen LogP contribution in [0.4, 0.5) is 5.69 Å². The van der Waals surface area contributed by atoms with Gasteiger partial charge in [0.1, 0.15) is 0 Å². The zero-order chi connectivity index (χ0) is 14.2. The fourth-order valence-corrected chi connectivity index (χ4v) is 3.31. The summed E-state index contributed by atoms with van der Waals surface area (Å²) < 4.78 is 0. The van der Waals surface area contributed by atoms with Gasteiger partial charge in [-0.1, -0.05) is 26.8 Å². The molecule has 2 unspecified atom stereocenters. The Hall–Kier alpha value is -1.51. The van der Waals surface area contributed by atoms with E-state index in [1.54, 1.807) is 6.07 Å². The predicted molar refractivity (Wildman–Crippen MR) is 77.7 cm³/mol. The Bertz CT molecular complexity index is 494. The number of hydrogen-bond acceptors (Lipinski definition) is 2. The fourth-order valence-electron chi connectivity index (χ4n) is 3.31. The van der Waals surface area contributed by atoms with E-state index in [0.717, 1.165) is 17.7 Å². The zero-order valence-electron chi connectivity index (χ0n) is 12.2. The lowest BCUT2D eigenvalue weighted by atomic mass is 9.91. The maximum atomic E-state index is 11.2. The summed E-state index contributed by atoms with van der Waals surface area (Å²) in [6, 6.07) is 5.87. The standard InChI is InChI=1S/C16H23NO2/c1-10-8-16(3,4)9-14(10)17-13-7-5-6-12(11(13)2)15(18)19/h5-7,10,14,17H,8-9H2,1-4H3,(H,18,19). The van der Waals surface area contributed by atoms with E-state index in [2.05, 4.69) is 26.1 Å². The van der Waals surface area contributed by atoms with Crippen LogP contribution >= 0.6 is 0 Å². The van der Waals surface area contributed by atoms with Gasteiger partial charge in [-0.15, -0.1) is 0 Å². The second kappa shape index (κ2) is 4.87. The van der Waals surface area contributed by atoms with Crippen molar-refractivity contribution in [2.24, 2.45) is 11.3 Å². The maximum Gasteiger partial charge on any atom is 0.336 e. The minimum atomic E-state index is -0.860. The molecule has 0 radical (unpaired) electrons. The highest BCUT2D eigenvalue weighted by Crippen LogP contribution is 2.42. The molecule has 1 aromatic carbocycles. The molecule has 2 atom stereocenters. The van der Waals surface area contributed by atoms with Crippen LogP contribution in [0.1, 0.15) is 49.5 Å². The first-order valence-corrected chi connectivity index (χ1v) is 6.89. The monoisotopic (exact) mass is 261 g/mol. The van der Waals surface area contributed by atoms with Crippen molar-refractivity contribution in [3.8, 4) is 0 Å². The molecule has 3 heteroatoms. The number of carboxylic acid groups (broad SMARTS) is 1. The van der Waals surface area contributed by atoms with Gasteiger partial charge in [-0.2, -0.15) is 0 Å². The molecule has 0 saturated heterocycles. The number of anilines is 1. The summed E-state index contributed by atoms with van der Waals surface area (Å²) >= 11 is 0. The molecule has 0 spiro atoms. The Labute approximate surface area is 115 Å². The molecule has 2 N–H and O–H groups in total. The molecule has 0 heterocycles. The van der Waals surface area contributed by atoms with Gasteiger partial charge in [0.15, 0.2) is 0 Å². The Morgan fingerprint density at radius 2 is 2.05 bits per heavy atom. The van der Waals surface area contributed by atoms with Crippen LogP contribution < -0.4 is 5.32 Å². The van der Waals surface area contributed by atoms with E-state index >= 15 is 0 Å². The summed E-state index contributed by atoms with van der Waals surface area (Å²) in [7, 11) is 0. The van der Waals surface area contributed by atoms with Crippen LogP contribution in [-0.2, 0) is 0 Å². The fraction of sp³-hybridized carbons (Fsp3) is 0.562. The van der Waals surface area contributed by atoms with Crippen LogP contribution in [0.2, 0.25) is 0 Å². The van der Waals surface area contributed by atoms with Crippen molar-refractivity contribution in [3.05, 3.63) is 29.3 Å². The van der Waals surface area contributed by atoms with Crippen LogP contribution in [0.3, 0.4) is 0 Å². The van der Waals surface area contributed by atoms with Crippen LogP contribution in [0.25, 0.3) is 0 Å². The molecular weight excluding hydrogens is 238 g/mol. The lowest BCUT2D eigenvalue weighted by molar-refractivity contribution is 0.0696. The molecule has 1 aromatic rings. The van der Waals surface area contributed by atoms with Crippen LogP contribution in [-0.4, -0.2) is 17.1 Å². The van der Waals surface area contributed by atoms with E-state index in [1.807, 2.05) is 19.1 Å². The number of nitrogens with one attached hydrogen (secondary N) is 1. The highest BCUT2D eigenvalue weighted by Gasteiger charge is 2.36. The summed E-state index contributed by atoms with van der Waals surface area (Å²) in [6.45, 7) is 8.73. The van der Waals surface area contributed by atoms with Gasteiger partial charge in [0, 0.05) is 11.7 Å². The molecule has 1 fully saturated rings. The summed E-state index contributed by atoms with van der Waals surface area (Å²) in [5.41, 5.74) is 2.53. The summed E-state index contributed by atoms with van der Waals surface area (Å²) in [5, 5.41) is 12.7. The molecule has 1 aliphatic carbocycles. The average Bonchev–Trinajstić information content (AvgIpc) is 2.54. The van der Waals surface area contributed by atoms with Crippen molar-refractivity contribution in [1.29, 1.82) is 0 Å². The van der Waals surface area contributed by atoms with E-state index in [9.17, 15) is 4.79 Å². The quantitative estimate of drug-likeness (QED) is 0.866. The molecule has 2 rings (SSSR count). The first-order chi connectivity index (χ1) is 8.80. The Morgan fingerprint density at radius 3 is 2.58 bits per heavy atom. The second-order valence-corrected chi connectivity index (χ2v) is 6.58. The van der Waals surface area contributed by atoms with Gasteiger partial charge in [-0.25, -0.2) is 4.79 Å². The van der Waals surface area contributed by atoms with Gasteiger partial charge in [-0.05, 0) is 48.8 Å². The number of carboxylic acids is 1. The Morgan fingerprint density at radius 1 is 1.37 bits per heavy atom. The topological polar surface area (TPSA) is 49.3 Å². The number of aromatic carboxylic acids is 1. The minimum absolute atomic E-state index is 0.370. The first-order valence-electron chi connectivity index (χ1n) is 6.89. The van der Waals surface area contributed by atoms with Gasteiger partial charge in [0.05, 0.1) is 5.56 Å².